The normalized spacial score (nSPS) is 10.7. The van der Waals surface area contributed by atoms with E-state index in [2.05, 4.69) is 66.2 Å². The molecule has 1 nitrogen and oxygen atoms in total. The van der Waals surface area contributed by atoms with Crippen LogP contribution in [-0.2, 0) is 0 Å². The van der Waals surface area contributed by atoms with E-state index in [4.69, 9.17) is 4.74 Å². The average Bonchev–Trinajstić information content (AvgIpc) is 2.56. The van der Waals surface area contributed by atoms with Crippen LogP contribution in [0.3, 0.4) is 0 Å². The van der Waals surface area contributed by atoms with Crippen LogP contribution in [-0.4, -0.2) is 6.61 Å². The second-order valence-corrected chi connectivity index (χ2v) is 6.98. The van der Waals surface area contributed by atoms with Gasteiger partial charge in [0.1, 0.15) is 5.75 Å². The Kier molecular flexibility index (Phi) is 7.67. The van der Waals surface area contributed by atoms with Crippen LogP contribution in [0.4, 0.5) is 0 Å². The van der Waals surface area contributed by atoms with Crippen molar-refractivity contribution in [1.29, 1.82) is 0 Å². The second kappa shape index (κ2) is 9.77. The van der Waals surface area contributed by atoms with Gasteiger partial charge in [0.15, 0.2) is 0 Å². The molecule has 0 amide bonds. The van der Waals surface area contributed by atoms with E-state index in [9.17, 15) is 0 Å². The first-order chi connectivity index (χ1) is 11.2. The van der Waals surface area contributed by atoms with Gasteiger partial charge in [0, 0.05) is 4.47 Å². The molecule has 0 saturated carbocycles. The number of unbranched alkanes of at least 4 members (excludes halogenated alkanes) is 5. The molecule has 0 fully saturated rings. The molecule has 0 aromatic heterocycles. The van der Waals surface area contributed by atoms with E-state index in [1.54, 1.807) is 0 Å². The summed E-state index contributed by atoms with van der Waals surface area (Å²) >= 11 is 3.64. The number of ether oxygens (including phenoxy) is 1. The average molecular weight is 375 g/mol. The lowest BCUT2D eigenvalue weighted by atomic mass is 10.0. The van der Waals surface area contributed by atoms with Gasteiger partial charge in [0.25, 0.3) is 0 Å². The lowest BCUT2D eigenvalue weighted by Gasteiger charge is -2.10. The van der Waals surface area contributed by atoms with Crippen LogP contribution in [0.25, 0.3) is 11.1 Å². The Hall–Kier alpha value is -1.28. The predicted octanol–water partition coefficient (Wildman–Crippen LogP) is 7.16. The van der Waals surface area contributed by atoms with Gasteiger partial charge in [-0.25, -0.2) is 0 Å². The molecule has 0 aliphatic rings. The Morgan fingerprint density at radius 2 is 1.70 bits per heavy atom. The first kappa shape index (κ1) is 18.1. The summed E-state index contributed by atoms with van der Waals surface area (Å²) in [5.74, 6) is 0.962. The van der Waals surface area contributed by atoms with Gasteiger partial charge in [-0.05, 0) is 42.7 Å². The van der Waals surface area contributed by atoms with Gasteiger partial charge in [-0.15, -0.1) is 0 Å². The summed E-state index contributed by atoms with van der Waals surface area (Å²) in [4.78, 5) is 0. The molecular weight excluding hydrogens is 348 g/mol. The molecule has 2 rings (SSSR count). The van der Waals surface area contributed by atoms with Gasteiger partial charge in [0.2, 0.25) is 0 Å². The number of rotatable bonds is 9. The van der Waals surface area contributed by atoms with E-state index in [-0.39, 0.29) is 0 Å². The van der Waals surface area contributed by atoms with E-state index >= 15 is 0 Å². The Bertz CT molecular complexity index is 607. The quantitative estimate of drug-likeness (QED) is 0.422. The standard InChI is InChI=1S/C21H27BrO/c1-3-4-5-6-7-8-14-23-19-11-9-10-18(16-19)20-15-17(2)12-13-21(20)22/h9-13,15-16H,3-8,14H2,1-2H3. The molecular formula is C21H27BrO. The number of benzene rings is 2. The molecule has 0 spiro atoms. The second-order valence-electron chi connectivity index (χ2n) is 6.13. The monoisotopic (exact) mass is 374 g/mol. The molecule has 2 heteroatoms. The molecule has 0 bridgehead atoms. The van der Waals surface area contributed by atoms with Gasteiger partial charge < -0.3 is 4.74 Å². The summed E-state index contributed by atoms with van der Waals surface area (Å²) in [6.07, 6.45) is 7.75. The van der Waals surface area contributed by atoms with Crippen molar-refractivity contribution in [2.24, 2.45) is 0 Å². The van der Waals surface area contributed by atoms with Crippen molar-refractivity contribution in [2.75, 3.05) is 6.61 Å². The molecule has 0 unspecified atom stereocenters. The smallest absolute Gasteiger partial charge is 0.119 e. The third-order valence-electron chi connectivity index (χ3n) is 4.03. The van der Waals surface area contributed by atoms with Crippen LogP contribution in [0.1, 0.15) is 51.0 Å². The summed E-state index contributed by atoms with van der Waals surface area (Å²) in [5.41, 5.74) is 3.68. The van der Waals surface area contributed by atoms with E-state index in [0.717, 1.165) is 23.2 Å². The maximum atomic E-state index is 5.93. The summed E-state index contributed by atoms with van der Waals surface area (Å²) < 4.78 is 7.05. The largest absolute Gasteiger partial charge is 0.494 e. The SMILES string of the molecule is CCCCCCCCOc1cccc(-c2cc(C)ccc2Br)c1. The van der Waals surface area contributed by atoms with Crippen LogP contribution in [0.15, 0.2) is 46.9 Å². The Morgan fingerprint density at radius 1 is 0.913 bits per heavy atom. The van der Waals surface area contributed by atoms with Crippen molar-refractivity contribution in [3.63, 3.8) is 0 Å². The van der Waals surface area contributed by atoms with Crippen molar-refractivity contribution in [3.05, 3.63) is 52.5 Å². The molecule has 0 aliphatic heterocycles. The lowest BCUT2D eigenvalue weighted by Crippen LogP contribution is -1.97. The molecule has 124 valence electrons. The van der Waals surface area contributed by atoms with Crippen LogP contribution in [0.5, 0.6) is 5.75 Å². The maximum absolute atomic E-state index is 5.93. The summed E-state index contributed by atoms with van der Waals surface area (Å²) in [6.45, 7) is 5.18. The molecule has 0 heterocycles. The number of halogens is 1. The summed E-state index contributed by atoms with van der Waals surface area (Å²) in [5, 5.41) is 0. The van der Waals surface area contributed by atoms with Crippen molar-refractivity contribution < 1.29 is 4.74 Å². The fourth-order valence-electron chi connectivity index (χ4n) is 2.69. The van der Waals surface area contributed by atoms with Crippen LogP contribution >= 0.6 is 15.9 Å². The van der Waals surface area contributed by atoms with Gasteiger partial charge in [-0.1, -0.05) is 84.8 Å². The van der Waals surface area contributed by atoms with Crippen molar-refractivity contribution in [2.45, 2.75) is 52.4 Å². The highest BCUT2D eigenvalue weighted by Crippen LogP contribution is 2.31. The van der Waals surface area contributed by atoms with Gasteiger partial charge in [0.05, 0.1) is 6.61 Å². The van der Waals surface area contributed by atoms with Gasteiger partial charge in [-0.2, -0.15) is 0 Å². The number of hydrogen-bond acceptors (Lipinski definition) is 1. The highest BCUT2D eigenvalue weighted by atomic mass is 79.9. The minimum absolute atomic E-state index is 0.810. The van der Waals surface area contributed by atoms with Crippen molar-refractivity contribution >= 4 is 15.9 Å². The minimum atomic E-state index is 0.810. The lowest BCUT2D eigenvalue weighted by molar-refractivity contribution is 0.304. The maximum Gasteiger partial charge on any atom is 0.119 e. The molecule has 0 aliphatic carbocycles. The number of aryl methyl sites for hydroxylation is 1. The van der Waals surface area contributed by atoms with Crippen LogP contribution in [0, 0.1) is 6.92 Å². The summed E-state index contributed by atoms with van der Waals surface area (Å²) in [7, 11) is 0. The van der Waals surface area contributed by atoms with E-state index in [1.165, 1.54) is 48.8 Å². The minimum Gasteiger partial charge on any atom is -0.494 e. The van der Waals surface area contributed by atoms with E-state index in [1.807, 2.05) is 6.07 Å². The Morgan fingerprint density at radius 3 is 2.52 bits per heavy atom. The Balaban J connectivity index is 1.89. The first-order valence-electron chi connectivity index (χ1n) is 8.70. The molecule has 2 aromatic carbocycles. The van der Waals surface area contributed by atoms with Crippen LogP contribution < -0.4 is 4.74 Å². The first-order valence-corrected chi connectivity index (χ1v) is 9.49. The molecule has 0 N–H and O–H groups in total. The fraction of sp³-hybridized carbons (Fsp3) is 0.429. The molecule has 0 atom stereocenters. The van der Waals surface area contributed by atoms with E-state index in [0.29, 0.717) is 0 Å². The van der Waals surface area contributed by atoms with E-state index < -0.39 is 0 Å². The third-order valence-corrected chi connectivity index (χ3v) is 4.73. The highest BCUT2D eigenvalue weighted by Gasteiger charge is 2.05. The third kappa shape index (κ3) is 6.02. The summed E-state index contributed by atoms with van der Waals surface area (Å²) in [6, 6.07) is 14.8. The molecule has 0 saturated heterocycles. The fourth-order valence-corrected chi connectivity index (χ4v) is 3.16. The number of hydrogen-bond donors (Lipinski definition) is 0. The zero-order valence-electron chi connectivity index (χ0n) is 14.3. The van der Waals surface area contributed by atoms with Gasteiger partial charge in [-0.3, -0.25) is 0 Å². The molecule has 0 radical (unpaired) electrons. The highest BCUT2D eigenvalue weighted by molar-refractivity contribution is 9.10. The zero-order valence-corrected chi connectivity index (χ0v) is 15.9. The van der Waals surface area contributed by atoms with Gasteiger partial charge >= 0.3 is 0 Å². The zero-order chi connectivity index (χ0) is 16.5. The predicted molar refractivity (Wildman–Crippen MR) is 103 cm³/mol. The Labute approximate surface area is 149 Å². The van der Waals surface area contributed by atoms with Crippen LogP contribution in [0.2, 0.25) is 0 Å². The molecule has 2 aromatic rings. The van der Waals surface area contributed by atoms with Crippen molar-refractivity contribution in [3.8, 4) is 16.9 Å². The van der Waals surface area contributed by atoms with Crippen molar-refractivity contribution in [1.82, 2.24) is 0 Å². The topological polar surface area (TPSA) is 9.23 Å². The molecule has 23 heavy (non-hydrogen) atoms.